The zero-order valence-corrected chi connectivity index (χ0v) is 27.3. The lowest BCUT2D eigenvalue weighted by atomic mass is 9.75. The molecule has 1 aliphatic heterocycles. The van der Waals surface area contributed by atoms with Crippen molar-refractivity contribution in [2.45, 2.75) is 142 Å². The lowest BCUT2D eigenvalue weighted by Crippen LogP contribution is -2.86. The minimum atomic E-state index is -9.57. The molecule has 1 rings (SSSR count). The molecule has 0 saturated carbocycles. The Hall–Kier alpha value is -1.64. The predicted octanol–water partition coefficient (Wildman–Crippen LogP) is 11.6. The molecule has 0 aromatic carbocycles. The fourth-order valence-corrected chi connectivity index (χ4v) is 9.50. The summed E-state index contributed by atoms with van der Waals surface area (Å²) in [5, 5.41) is 0. The van der Waals surface area contributed by atoms with E-state index in [1.807, 2.05) is 0 Å². The largest absolute Gasteiger partial charge is 0.400 e. The van der Waals surface area contributed by atoms with Crippen molar-refractivity contribution in [3.8, 4) is 0 Å². The summed E-state index contributed by atoms with van der Waals surface area (Å²) >= 11 is 0. The molecule has 0 aromatic heterocycles. The maximum atomic E-state index is 15.8. The topological polar surface area (TPSA) is 9.23 Å². The second-order valence-corrected chi connectivity index (χ2v) is 16.7. The molecule has 2 unspecified atom stereocenters. The van der Waals surface area contributed by atoms with Gasteiger partial charge in [-0.1, -0.05) is 13.8 Å². The minimum Gasteiger partial charge on any atom is -0.400 e. The van der Waals surface area contributed by atoms with E-state index in [2.05, 4.69) is 4.43 Å². The molecule has 2 atom stereocenters. The van der Waals surface area contributed by atoms with Crippen molar-refractivity contribution < 1.29 is 119 Å². The third-order valence-corrected chi connectivity index (χ3v) is 13.6. The molecule has 1 saturated heterocycles. The third-order valence-electron chi connectivity index (χ3n) is 9.17. The molecule has 52 heavy (non-hydrogen) atoms. The Labute approximate surface area is 275 Å². The fraction of sp³-hybridized carbons (Fsp3) is 1.00. The number of rotatable bonds is 14. The maximum Gasteiger partial charge on any atom is 0.384 e. The normalized spacial score (nSPS) is 23.8. The van der Waals surface area contributed by atoms with Crippen LogP contribution < -0.4 is 0 Å². The van der Waals surface area contributed by atoms with E-state index in [0.717, 1.165) is 0 Å². The van der Waals surface area contributed by atoms with Crippen LogP contribution in [0.5, 0.6) is 0 Å². The summed E-state index contributed by atoms with van der Waals surface area (Å²) in [4.78, 5) is 0. The Morgan fingerprint density at radius 1 is 0.423 bits per heavy atom. The third kappa shape index (κ3) is 5.50. The standard InChI is InChI=1S/C24H24F26OSi/c1-9(25)13(27,28)15(31,32)17(35,36)19(39,40)21(43,44)23(47,48)52(8-7-11(3,4)12(5,6)51-52)24(49,50)22(45,46)20(41,42)18(37,38)16(33,34)14(29,30)10(2)26/h9-10H,7-8H2,1-6H3. The molecule has 0 bridgehead atoms. The van der Waals surface area contributed by atoms with Crippen LogP contribution in [0.25, 0.3) is 0 Å². The highest BCUT2D eigenvalue weighted by Gasteiger charge is 3.00. The van der Waals surface area contributed by atoms with Crippen LogP contribution in [-0.2, 0) is 4.43 Å². The summed E-state index contributed by atoms with van der Waals surface area (Å²) in [5.74, 6) is -84.6. The highest BCUT2D eigenvalue weighted by Crippen LogP contribution is 2.69. The van der Waals surface area contributed by atoms with E-state index in [9.17, 15) is 79.0 Å². The van der Waals surface area contributed by atoms with Gasteiger partial charge in [-0.05, 0) is 45.6 Å². The maximum absolute atomic E-state index is 15.8. The quantitative estimate of drug-likeness (QED) is 0.125. The van der Waals surface area contributed by atoms with Crippen LogP contribution in [0.2, 0.25) is 6.04 Å². The average molecular weight is 850 g/mol. The molecule has 0 radical (unpaired) electrons. The van der Waals surface area contributed by atoms with Crippen LogP contribution in [0.1, 0.15) is 48.0 Å². The van der Waals surface area contributed by atoms with Gasteiger partial charge < -0.3 is 4.43 Å². The first-order valence-electron chi connectivity index (χ1n) is 13.6. The molecule has 1 aliphatic rings. The molecule has 0 aromatic rings. The molecule has 28 heteroatoms. The molecule has 1 fully saturated rings. The second-order valence-electron chi connectivity index (χ2n) is 13.0. The molecule has 0 aliphatic carbocycles. The Kier molecular flexibility index (Phi) is 11.3. The number of alkyl halides is 26. The lowest BCUT2D eigenvalue weighted by molar-refractivity contribution is -0.430. The van der Waals surface area contributed by atoms with Gasteiger partial charge in [-0.15, -0.1) is 0 Å². The molecule has 0 amide bonds. The van der Waals surface area contributed by atoms with Crippen molar-refractivity contribution >= 4 is 8.32 Å². The molecular weight excluding hydrogens is 826 g/mol. The smallest absolute Gasteiger partial charge is 0.384 e. The van der Waals surface area contributed by atoms with Gasteiger partial charge in [0.2, 0.25) is 0 Å². The minimum absolute atomic E-state index is 0.0878. The lowest BCUT2D eigenvalue weighted by Gasteiger charge is -2.58. The van der Waals surface area contributed by atoms with E-state index >= 15 is 35.1 Å². The molecular formula is C24H24F26OSi. The second kappa shape index (κ2) is 12.2. The molecule has 0 N–H and O–H groups in total. The zero-order valence-electron chi connectivity index (χ0n) is 26.3. The van der Waals surface area contributed by atoms with Gasteiger partial charge in [0.25, 0.3) is 0 Å². The van der Waals surface area contributed by atoms with Gasteiger partial charge in [-0.2, -0.15) is 87.8 Å². The first kappa shape index (κ1) is 48.4. The predicted molar refractivity (Wildman–Crippen MR) is 125 cm³/mol. The molecule has 1 heterocycles. The summed E-state index contributed by atoms with van der Waals surface area (Å²) in [6.07, 6.45) is -11.4. The van der Waals surface area contributed by atoms with E-state index in [1.54, 1.807) is 0 Å². The van der Waals surface area contributed by atoms with Gasteiger partial charge in [-0.25, -0.2) is 26.3 Å². The summed E-state index contributed by atoms with van der Waals surface area (Å²) in [6.45, 7) is -0.198. The molecule has 1 nitrogen and oxygen atoms in total. The van der Waals surface area contributed by atoms with Crippen LogP contribution in [0.4, 0.5) is 114 Å². The van der Waals surface area contributed by atoms with Crippen molar-refractivity contribution in [2.24, 2.45) is 5.41 Å². The van der Waals surface area contributed by atoms with Gasteiger partial charge in [0, 0.05) is 0 Å². The van der Waals surface area contributed by atoms with E-state index < -0.39 is 128 Å². The highest BCUT2D eigenvalue weighted by molar-refractivity contribution is 6.79. The first-order valence-corrected chi connectivity index (χ1v) is 15.7. The van der Waals surface area contributed by atoms with E-state index in [4.69, 9.17) is 0 Å². The van der Waals surface area contributed by atoms with Gasteiger partial charge in [0.15, 0.2) is 12.3 Å². The molecule has 312 valence electrons. The zero-order chi connectivity index (χ0) is 42.8. The van der Waals surface area contributed by atoms with Gasteiger partial charge in [0.1, 0.15) is 0 Å². The van der Waals surface area contributed by atoms with E-state index in [0.29, 0.717) is 13.8 Å². The summed E-state index contributed by atoms with van der Waals surface area (Å²) < 4.78 is 379. The van der Waals surface area contributed by atoms with Crippen LogP contribution >= 0.6 is 0 Å². The van der Waals surface area contributed by atoms with E-state index in [1.165, 1.54) is 0 Å². The first-order chi connectivity index (χ1) is 22.1. The van der Waals surface area contributed by atoms with Crippen molar-refractivity contribution in [1.82, 2.24) is 0 Å². The highest BCUT2D eigenvalue weighted by atomic mass is 28.4. The van der Waals surface area contributed by atoms with Crippen LogP contribution in [0, 0.1) is 5.41 Å². The fourth-order valence-electron chi connectivity index (χ4n) is 4.66. The number of hydrogen-bond acceptors (Lipinski definition) is 1. The Morgan fingerprint density at radius 2 is 0.654 bits per heavy atom. The van der Waals surface area contributed by atoms with Crippen LogP contribution in [0.15, 0.2) is 0 Å². The Balaban J connectivity index is 4.44. The van der Waals surface area contributed by atoms with Crippen molar-refractivity contribution in [3.63, 3.8) is 0 Å². The van der Waals surface area contributed by atoms with Crippen LogP contribution in [0.3, 0.4) is 0 Å². The number of hydrogen-bond donors (Lipinski definition) is 0. The number of halogens is 26. The summed E-state index contributed by atoms with van der Waals surface area (Å²) in [6, 6.07) is -3.22. The Morgan fingerprint density at radius 3 is 0.865 bits per heavy atom. The van der Waals surface area contributed by atoms with Crippen LogP contribution in [-0.4, -0.2) is 96.6 Å². The van der Waals surface area contributed by atoms with Gasteiger partial charge in [0.05, 0.1) is 5.60 Å². The molecule has 0 spiro atoms. The van der Waals surface area contributed by atoms with Crippen molar-refractivity contribution in [3.05, 3.63) is 0 Å². The summed E-state index contributed by atoms with van der Waals surface area (Å²) in [7, 11) is -9.57. The average Bonchev–Trinajstić information content (AvgIpc) is 2.92. The van der Waals surface area contributed by atoms with Crippen molar-refractivity contribution in [2.75, 3.05) is 0 Å². The van der Waals surface area contributed by atoms with Gasteiger partial charge >= 0.3 is 78.6 Å². The summed E-state index contributed by atoms with van der Waals surface area (Å²) in [5.41, 5.74) is -22.7. The Bertz CT molecular complexity index is 1230. The van der Waals surface area contributed by atoms with E-state index in [-0.39, 0.29) is 13.8 Å². The van der Waals surface area contributed by atoms with Crippen molar-refractivity contribution in [1.29, 1.82) is 0 Å². The van der Waals surface area contributed by atoms with Gasteiger partial charge in [-0.3, -0.25) is 0 Å². The SMILES string of the molecule is CC(F)C(F)(F)C(F)(F)C(F)(F)C(F)(F)C(F)(F)C(F)(F)[Si]1(C(F)(F)C(F)(F)C(F)(F)C(F)(F)C(F)(F)C(F)(F)C(C)F)CCC(C)(C)C(C)(C)O1. The monoisotopic (exact) mass is 850 g/mol.